The minimum Gasteiger partial charge on any atom is -0.335 e. The molecule has 2 heterocycles. The second-order valence-corrected chi connectivity index (χ2v) is 8.14. The van der Waals surface area contributed by atoms with Crippen LogP contribution in [0.4, 0.5) is 10.7 Å². The van der Waals surface area contributed by atoms with E-state index in [1.807, 2.05) is 31.2 Å². The molecular weight excluding hydrogens is 350 g/mol. The lowest BCUT2D eigenvalue weighted by Crippen LogP contribution is -2.19. The number of thioether (sulfide) groups is 1. The van der Waals surface area contributed by atoms with E-state index in [0.717, 1.165) is 29.9 Å². The lowest BCUT2D eigenvalue weighted by atomic mass is 10.2. The lowest BCUT2D eigenvalue weighted by molar-refractivity contribution is -0.113. The molecule has 0 bridgehead atoms. The quantitative estimate of drug-likeness (QED) is 0.729. The van der Waals surface area contributed by atoms with Crippen molar-refractivity contribution in [2.75, 3.05) is 16.4 Å². The number of fused-ring (bicyclic) bond motifs is 1. The zero-order valence-electron chi connectivity index (χ0n) is 14.8. The Kier molecular flexibility index (Phi) is 5.81. The Balaban J connectivity index is 1.68. The van der Waals surface area contributed by atoms with E-state index in [0.29, 0.717) is 5.75 Å². The van der Waals surface area contributed by atoms with Crippen molar-refractivity contribution < 1.29 is 4.79 Å². The molecule has 2 N–H and O–H groups in total. The molecule has 0 aliphatic carbocycles. The van der Waals surface area contributed by atoms with Gasteiger partial charge in [-0.1, -0.05) is 32.0 Å². The fourth-order valence-corrected chi connectivity index (χ4v) is 4.72. The summed E-state index contributed by atoms with van der Waals surface area (Å²) >= 11 is 3.37. The highest BCUT2D eigenvalue weighted by molar-refractivity contribution is 8.00. The van der Waals surface area contributed by atoms with Gasteiger partial charge in [0.25, 0.3) is 0 Å². The van der Waals surface area contributed by atoms with Crippen LogP contribution in [-0.2, 0) is 11.2 Å². The summed E-state index contributed by atoms with van der Waals surface area (Å²) in [6, 6.07) is 10.1. The van der Waals surface area contributed by atoms with Gasteiger partial charge in [-0.15, -0.1) is 23.1 Å². The van der Waals surface area contributed by atoms with Crippen LogP contribution in [0.25, 0.3) is 0 Å². The van der Waals surface area contributed by atoms with Crippen LogP contribution < -0.4 is 10.6 Å². The summed E-state index contributed by atoms with van der Waals surface area (Å²) in [5.41, 5.74) is 3.15. The molecule has 0 fully saturated rings. The van der Waals surface area contributed by atoms with Crippen LogP contribution in [0.2, 0.25) is 0 Å². The van der Waals surface area contributed by atoms with Crippen LogP contribution >= 0.6 is 23.1 Å². The van der Waals surface area contributed by atoms with Crippen molar-refractivity contribution in [2.24, 2.45) is 4.99 Å². The van der Waals surface area contributed by atoms with E-state index in [4.69, 9.17) is 4.99 Å². The maximum Gasteiger partial charge on any atom is 0.234 e. The van der Waals surface area contributed by atoms with Crippen LogP contribution in [-0.4, -0.2) is 17.5 Å². The number of aliphatic imine (C=N–C) groups is 1. The molecule has 6 heteroatoms. The molecule has 0 saturated heterocycles. The molecule has 1 amide bonds. The smallest absolute Gasteiger partial charge is 0.234 e. The van der Waals surface area contributed by atoms with Gasteiger partial charge in [-0.25, -0.2) is 0 Å². The summed E-state index contributed by atoms with van der Waals surface area (Å²) in [6.45, 7) is 6.26. The Labute approximate surface area is 157 Å². The van der Waals surface area contributed by atoms with Gasteiger partial charge >= 0.3 is 0 Å². The molecule has 0 radical (unpaired) electrons. The number of hydrogen-bond donors (Lipinski definition) is 2. The topological polar surface area (TPSA) is 53.5 Å². The minimum absolute atomic E-state index is 0.00892. The highest BCUT2D eigenvalue weighted by atomic mass is 32.2. The third kappa shape index (κ3) is 4.25. The van der Waals surface area contributed by atoms with Crippen LogP contribution in [0.15, 0.2) is 35.3 Å². The Morgan fingerprint density at radius 1 is 1.32 bits per heavy atom. The normalized spacial score (nSPS) is 16.0. The number of hydrogen-bond acceptors (Lipinski definition) is 5. The first-order valence-corrected chi connectivity index (χ1v) is 10.4. The number of rotatable bonds is 6. The van der Waals surface area contributed by atoms with Gasteiger partial charge in [0, 0.05) is 22.5 Å². The van der Waals surface area contributed by atoms with Gasteiger partial charge < -0.3 is 10.6 Å². The van der Waals surface area contributed by atoms with E-state index in [1.54, 1.807) is 23.1 Å². The Bertz CT molecular complexity index is 798. The number of nitrogens with one attached hydrogen (secondary N) is 2. The van der Waals surface area contributed by atoms with Crippen LogP contribution in [0.1, 0.15) is 41.6 Å². The van der Waals surface area contributed by atoms with E-state index in [-0.39, 0.29) is 11.3 Å². The maximum absolute atomic E-state index is 12.3. The molecule has 0 saturated carbocycles. The number of thiophene rings is 1. The van der Waals surface area contributed by atoms with Gasteiger partial charge in [0.15, 0.2) is 0 Å². The van der Waals surface area contributed by atoms with Gasteiger partial charge in [-0.2, -0.15) is 0 Å². The standard InChI is InChI=1S/C19H23N3OS2/c1-4-13-10-14-18(21-16(5-2)22-19(14)25-13)24-11-17(23)20-15-9-7-6-8-12(15)3/h6-10,18H,4-5,11H2,1-3H3,(H,20,23)(H,21,22). The summed E-state index contributed by atoms with van der Waals surface area (Å²) < 4.78 is 0. The van der Waals surface area contributed by atoms with Crippen LogP contribution in [0.3, 0.4) is 0 Å². The first-order chi connectivity index (χ1) is 12.1. The molecule has 3 rings (SSSR count). The number of anilines is 2. The van der Waals surface area contributed by atoms with Gasteiger partial charge in [0.05, 0.1) is 5.75 Å². The number of carbonyl (C=O) groups is 1. The summed E-state index contributed by atoms with van der Waals surface area (Å²) in [6.07, 6.45) is 1.89. The zero-order chi connectivity index (χ0) is 17.8. The van der Waals surface area contributed by atoms with Crippen molar-refractivity contribution in [1.29, 1.82) is 0 Å². The zero-order valence-corrected chi connectivity index (χ0v) is 16.4. The molecular formula is C19H23N3OS2. The lowest BCUT2D eigenvalue weighted by Gasteiger charge is -2.21. The first kappa shape index (κ1) is 18.0. The second kappa shape index (κ2) is 8.06. The third-order valence-corrected chi connectivity index (χ3v) is 6.40. The summed E-state index contributed by atoms with van der Waals surface area (Å²) in [5, 5.41) is 7.59. The predicted molar refractivity (Wildman–Crippen MR) is 110 cm³/mol. The molecule has 1 aromatic carbocycles. The first-order valence-electron chi connectivity index (χ1n) is 8.54. The number of amidine groups is 1. The fraction of sp³-hybridized carbons (Fsp3) is 0.368. The van der Waals surface area contributed by atoms with Gasteiger partial charge in [0.1, 0.15) is 16.2 Å². The van der Waals surface area contributed by atoms with Crippen molar-refractivity contribution in [2.45, 2.75) is 39.0 Å². The summed E-state index contributed by atoms with van der Waals surface area (Å²) in [5.74, 6) is 1.39. The van der Waals surface area contributed by atoms with Crippen LogP contribution in [0.5, 0.6) is 0 Å². The SMILES string of the molecule is CCC1=NC(SCC(=O)Nc2ccccc2C)c2cc(CC)sc2N1. The van der Waals surface area contributed by atoms with E-state index >= 15 is 0 Å². The van der Waals surface area contributed by atoms with Gasteiger partial charge in [-0.3, -0.25) is 9.79 Å². The summed E-state index contributed by atoms with van der Waals surface area (Å²) in [7, 11) is 0. The molecule has 25 heavy (non-hydrogen) atoms. The maximum atomic E-state index is 12.3. The van der Waals surface area contributed by atoms with Crippen molar-refractivity contribution in [1.82, 2.24) is 0 Å². The third-order valence-electron chi connectivity index (χ3n) is 4.08. The minimum atomic E-state index is -0.00892. The number of carbonyl (C=O) groups excluding carboxylic acids is 1. The molecule has 132 valence electrons. The largest absolute Gasteiger partial charge is 0.335 e. The number of nitrogens with zero attached hydrogens (tertiary/aromatic N) is 1. The summed E-state index contributed by atoms with van der Waals surface area (Å²) in [4.78, 5) is 18.5. The van der Waals surface area contributed by atoms with Gasteiger partial charge in [-0.05, 0) is 31.0 Å². The van der Waals surface area contributed by atoms with Crippen molar-refractivity contribution >= 4 is 45.5 Å². The average Bonchev–Trinajstić information content (AvgIpc) is 3.04. The highest BCUT2D eigenvalue weighted by Crippen LogP contribution is 2.43. The second-order valence-electron chi connectivity index (χ2n) is 5.93. The fourth-order valence-electron chi connectivity index (χ4n) is 2.65. The van der Waals surface area contributed by atoms with E-state index in [2.05, 4.69) is 30.5 Å². The molecule has 1 atom stereocenters. The monoisotopic (exact) mass is 373 g/mol. The molecule has 2 aromatic rings. The Morgan fingerprint density at radius 2 is 2.12 bits per heavy atom. The van der Waals surface area contributed by atoms with Crippen LogP contribution in [0, 0.1) is 6.92 Å². The van der Waals surface area contributed by atoms with Crippen molar-refractivity contribution in [3.8, 4) is 0 Å². The molecule has 1 aliphatic heterocycles. The van der Waals surface area contributed by atoms with E-state index in [9.17, 15) is 4.79 Å². The van der Waals surface area contributed by atoms with Crippen molar-refractivity contribution in [3.05, 3.63) is 46.3 Å². The number of amides is 1. The number of para-hydroxylation sites is 1. The Hall–Kier alpha value is -1.79. The Morgan fingerprint density at radius 3 is 2.84 bits per heavy atom. The molecule has 1 aliphatic rings. The number of aryl methyl sites for hydroxylation is 2. The molecule has 4 nitrogen and oxygen atoms in total. The molecule has 0 spiro atoms. The predicted octanol–water partition coefficient (Wildman–Crippen LogP) is 5.22. The molecule has 1 unspecified atom stereocenters. The van der Waals surface area contributed by atoms with Gasteiger partial charge in [0.2, 0.25) is 5.91 Å². The average molecular weight is 374 g/mol. The molecule has 1 aromatic heterocycles. The van der Waals surface area contributed by atoms with E-state index < -0.39 is 0 Å². The highest BCUT2D eigenvalue weighted by Gasteiger charge is 2.24. The number of benzene rings is 1. The van der Waals surface area contributed by atoms with Crippen molar-refractivity contribution in [3.63, 3.8) is 0 Å². The van der Waals surface area contributed by atoms with E-state index in [1.165, 1.54) is 15.4 Å².